The number of aliphatic hydroxyl groups is 3. The van der Waals surface area contributed by atoms with Gasteiger partial charge in [-0.15, -0.1) is 0 Å². The van der Waals surface area contributed by atoms with Crippen LogP contribution in [0.5, 0.6) is 0 Å². The number of hydrogen-bond acceptors (Lipinski definition) is 6. The molecular formula is C22H37ClO9. The van der Waals surface area contributed by atoms with Crippen LogP contribution in [0.3, 0.4) is 0 Å². The Hall–Kier alpha value is -2.72. The van der Waals surface area contributed by atoms with Crippen LogP contribution in [0.15, 0.2) is 60.7 Å². The van der Waals surface area contributed by atoms with E-state index < -0.39 is 17.9 Å². The molecule has 6 N–H and O–H groups in total. The topological polar surface area (TPSA) is 173 Å². The summed E-state index contributed by atoms with van der Waals surface area (Å²) < 4.78 is 0. The van der Waals surface area contributed by atoms with Gasteiger partial charge in [-0.25, -0.2) is 14.4 Å². The van der Waals surface area contributed by atoms with Gasteiger partial charge in [0.25, 0.3) is 0 Å². The number of halogens is 1. The Morgan fingerprint density at radius 3 is 1.19 bits per heavy atom. The van der Waals surface area contributed by atoms with Gasteiger partial charge in [0, 0.05) is 48.0 Å². The van der Waals surface area contributed by atoms with Gasteiger partial charge in [0.15, 0.2) is 0 Å². The van der Waals surface area contributed by atoms with Gasteiger partial charge in [-0.05, 0) is 33.6 Å². The molecule has 0 saturated heterocycles. The molecule has 10 heteroatoms. The fourth-order valence-corrected chi connectivity index (χ4v) is 0.775. The fraction of sp³-hybridized carbons (Fsp3) is 0.409. The van der Waals surface area contributed by atoms with E-state index in [0.717, 1.165) is 0 Å². The summed E-state index contributed by atoms with van der Waals surface area (Å²) in [7, 11) is 0. The molecule has 0 bridgehead atoms. The predicted molar refractivity (Wildman–Crippen MR) is 127 cm³/mol. The van der Waals surface area contributed by atoms with Gasteiger partial charge in [0.1, 0.15) is 0 Å². The predicted octanol–water partition coefficient (Wildman–Crippen LogP) is 3.23. The first-order valence-corrected chi connectivity index (χ1v) is 9.50. The zero-order chi connectivity index (χ0) is 26.7. The van der Waals surface area contributed by atoms with Crippen molar-refractivity contribution in [2.45, 2.75) is 33.6 Å². The number of rotatable bonds is 9. The monoisotopic (exact) mass is 480 g/mol. The quantitative estimate of drug-likeness (QED) is 0.214. The molecule has 0 heterocycles. The van der Waals surface area contributed by atoms with Crippen LogP contribution in [0.2, 0.25) is 0 Å². The summed E-state index contributed by atoms with van der Waals surface area (Å²) in [5, 5.41) is 49.0. The zero-order valence-electron chi connectivity index (χ0n) is 19.0. The molecular weight excluding hydrogens is 444 g/mol. The highest BCUT2D eigenvalue weighted by Crippen LogP contribution is 2.02. The standard InChI is InChI=1S/C6H14O3.C4H5Cl.3C4H6O2/c7-3-1-2-6(4-8)5-9;1-2-3-4-5;3*1-3(2)4(5)6/h6-9H,1-5H2;2-4H,1H2;3*1H2,2H3,(H,5,6). The van der Waals surface area contributed by atoms with Crippen molar-refractivity contribution in [2.75, 3.05) is 19.8 Å². The molecule has 32 heavy (non-hydrogen) atoms. The maximum Gasteiger partial charge on any atom is 0.330 e. The van der Waals surface area contributed by atoms with Crippen LogP contribution in [0, 0.1) is 5.92 Å². The number of aliphatic hydroxyl groups excluding tert-OH is 3. The zero-order valence-corrected chi connectivity index (χ0v) is 19.7. The van der Waals surface area contributed by atoms with Crippen molar-refractivity contribution in [1.82, 2.24) is 0 Å². The highest BCUT2D eigenvalue weighted by molar-refractivity contribution is 6.25. The van der Waals surface area contributed by atoms with Gasteiger partial charge in [0.2, 0.25) is 0 Å². The normalized spacial score (nSPS) is 8.62. The van der Waals surface area contributed by atoms with E-state index in [2.05, 4.69) is 26.3 Å². The lowest BCUT2D eigenvalue weighted by Gasteiger charge is -2.07. The first-order chi connectivity index (χ1) is 14.7. The molecule has 0 aromatic carbocycles. The molecule has 0 atom stereocenters. The summed E-state index contributed by atoms with van der Waals surface area (Å²) in [5.74, 6) is -2.85. The maximum absolute atomic E-state index is 9.60. The van der Waals surface area contributed by atoms with Crippen LogP contribution >= 0.6 is 11.6 Å². The van der Waals surface area contributed by atoms with E-state index >= 15 is 0 Å². The summed E-state index contributed by atoms with van der Waals surface area (Å²) in [5.41, 5.74) is 1.94. The lowest BCUT2D eigenvalue weighted by Crippen LogP contribution is -2.11. The molecule has 0 aromatic heterocycles. The minimum absolute atomic E-state index is 0.0104. The van der Waals surface area contributed by atoms with Crippen LogP contribution in [0.25, 0.3) is 0 Å². The Kier molecular flexibility index (Phi) is 37.8. The Balaban J connectivity index is -0.0000000966. The third-order valence-corrected chi connectivity index (χ3v) is 2.74. The molecule has 0 aliphatic rings. The summed E-state index contributed by atoms with van der Waals surface area (Å²) in [6, 6.07) is 0. The van der Waals surface area contributed by atoms with Gasteiger partial charge in [-0.1, -0.05) is 50.1 Å². The van der Waals surface area contributed by atoms with Crippen molar-refractivity contribution < 1.29 is 45.0 Å². The van der Waals surface area contributed by atoms with Crippen LogP contribution in [-0.2, 0) is 14.4 Å². The lowest BCUT2D eigenvalue weighted by atomic mass is 10.1. The molecule has 0 radical (unpaired) electrons. The van der Waals surface area contributed by atoms with Crippen molar-refractivity contribution >= 4 is 29.5 Å². The minimum atomic E-state index is -0.935. The molecule has 186 valence electrons. The highest BCUT2D eigenvalue weighted by atomic mass is 35.5. The molecule has 0 unspecified atom stereocenters. The largest absolute Gasteiger partial charge is 0.478 e. The van der Waals surface area contributed by atoms with Crippen molar-refractivity contribution in [3.05, 3.63) is 60.7 Å². The molecule has 0 fully saturated rings. The highest BCUT2D eigenvalue weighted by Gasteiger charge is 2.03. The van der Waals surface area contributed by atoms with Crippen LogP contribution in [0.1, 0.15) is 33.6 Å². The fourth-order valence-electron chi connectivity index (χ4n) is 0.672. The molecule has 0 rings (SSSR count). The first kappa shape index (κ1) is 39.7. The van der Waals surface area contributed by atoms with E-state index in [9.17, 15) is 14.4 Å². The minimum Gasteiger partial charge on any atom is -0.478 e. The average molecular weight is 481 g/mol. The Morgan fingerprint density at radius 1 is 0.812 bits per heavy atom. The molecule has 0 aliphatic carbocycles. The molecule has 0 spiro atoms. The lowest BCUT2D eigenvalue weighted by molar-refractivity contribution is -0.133. The van der Waals surface area contributed by atoms with Gasteiger partial charge in [0.05, 0.1) is 0 Å². The van der Waals surface area contributed by atoms with Gasteiger partial charge >= 0.3 is 17.9 Å². The van der Waals surface area contributed by atoms with E-state index in [4.69, 9.17) is 42.2 Å². The first-order valence-electron chi connectivity index (χ1n) is 9.06. The Bertz CT molecular complexity index is 499. The summed E-state index contributed by atoms with van der Waals surface area (Å²) in [6.45, 7) is 17.3. The third-order valence-electron chi connectivity index (χ3n) is 2.59. The number of carboxylic acids is 3. The number of hydrogen-bond donors (Lipinski definition) is 6. The van der Waals surface area contributed by atoms with Crippen molar-refractivity contribution in [1.29, 1.82) is 0 Å². The molecule has 0 aliphatic heterocycles. The van der Waals surface area contributed by atoms with Crippen LogP contribution < -0.4 is 0 Å². The van der Waals surface area contributed by atoms with Gasteiger partial charge < -0.3 is 30.6 Å². The Morgan fingerprint density at radius 2 is 1.09 bits per heavy atom. The summed E-state index contributed by atoms with van der Waals surface area (Å²) in [4.78, 5) is 28.8. The van der Waals surface area contributed by atoms with Crippen molar-refractivity contribution in [2.24, 2.45) is 5.92 Å². The smallest absolute Gasteiger partial charge is 0.330 e. The second kappa shape index (κ2) is 30.5. The molecule has 0 amide bonds. The second-order valence-corrected chi connectivity index (χ2v) is 6.16. The summed E-state index contributed by atoms with van der Waals surface area (Å²) in [6.07, 6.45) is 4.63. The van der Waals surface area contributed by atoms with Gasteiger partial charge in [-0.3, -0.25) is 0 Å². The molecule has 0 saturated carbocycles. The van der Waals surface area contributed by atoms with E-state index in [1.807, 2.05) is 0 Å². The number of carbonyl (C=O) groups is 3. The maximum atomic E-state index is 9.60. The molecule has 9 nitrogen and oxygen atoms in total. The van der Waals surface area contributed by atoms with Crippen molar-refractivity contribution in [3.8, 4) is 0 Å². The van der Waals surface area contributed by atoms with E-state index in [1.165, 1.54) is 26.3 Å². The van der Waals surface area contributed by atoms with E-state index in [0.29, 0.717) is 12.8 Å². The van der Waals surface area contributed by atoms with E-state index in [-0.39, 0.29) is 42.5 Å². The second-order valence-electron chi connectivity index (χ2n) is 5.91. The summed E-state index contributed by atoms with van der Waals surface area (Å²) >= 11 is 5.05. The third kappa shape index (κ3) is 50.7. The average Bonchev–Trinajstić information content (AvgIpc) is 2.71. The van der Waals surface area contributed by atoms with Crippen molar-refractivity contribution in [3.63, 3.8) is 0 Å². The molecule has 0 aromatic rings. The number of carboxylic acid groups (broad SMARTS) is 3. The Labute approximate surface area is 195 Å². The number of allylic oxidation sites excluding steroid dienone is 2. The van der Waals surface area contributed by atoms with Crippen LogP contribution in [0.4, 0.5) is 0 Å². The van der Waals surface area contributed by atoms with E-state index in [1.54, 1.807) is 12.2 Å². The number of aliphatic carboxylic acids is 3. The van der Waals surface area contributed by atoms with Crippen LogP contribution in [-0.4, -0.2) is 68.4 Å². The van der Waals surface area contributed by atoms with Gasteiger partial charge in [-0.2, -0.15) is 0 Å². The SMILES string of the molecule is C=C(C)C(=O)O.C=C(C)C(=O)O.C=C(C)C(=O)O.C=CC=CCl.OCCCC(CO)CO.